The van der Waals surface area contributed by atoms with Gasteiger partial charge in [-0.25, -0.2) is 0 Å². The van der Waals surface area contributed by atoms with Crippen molar-refractivity contribution in [2.45, 2.75) is 44.2 Å². The van der Waals surface area contributed by atoms with Crippen molar-refractivity contribution in [2.24, 2.45) is 10.8 Å². The second-order valence-electron chi connectivity index (χ2n) is 6.91. The van der Waals surface area contributed by atoms with Gasteiger partial charge in [-0.2, -0.15) is 0 Å². The molecule has 6 nitrogen and oxygen atoms in total. The highest BCUT2D eigenvalue weighted by molar-refractivity contribution is 6.01. The Bertz CT molecular complexity index is 591. The van der Waals surface area contributed by atoms with Crippen molar-refractivity contribution in [1.82, 2.24) is 0 Å². The summed E-state index contributed by atoms with van der Waals surface area (Å²) in [5.41, 5.74) is -2.45. The Morgan fingerprint density at radius 2 is 2.10 bits per heavy atom. The van der Waals surface area contributed by atoms with E-state index in [-0.39, 0.29) is 12.2 Å². The highest BCUT2D eigenvalue weighted by atomic mass is 16.6. The van der Waals surface area contributed by atoms with E-state index in [1.165, 1.54) is 0 Å². The first-order chi connectivity index (χ1) is 9.84. The zero-order chi connectivity index (χ0) is 15.2. The molecule has 2 heterocycles. The molecule has 4 aliphatic rings. The lowest BCUT2D eigenvalue weighted by Gasteiger charge is -2.57. The van der Waals surface area contributed by atoms with E-state index in [0.717, 1.165) is 0 Å². The van der Waals surface area contributed by atoms with Crippen LogP contribution in [0.25, 0.3) is 0 Å². The van der Waals surface area contributed by atoms with Crippen LogP contribution < -0.4 is 0 Å². The lowest BCUT2D eigenvalue weighted by Crippen LogP contribution is -2.70. The maximum absolute atomic E-state index is 12.3. The van der Waals surface area contributed by atoms with Crippen LogP contribution in [0, 0.1) is 10.8 Å². The predicted octanol–water partition coefficient (Wildman–Crippen LogP) is -0.630. The maximum atomic E-state index is 12.3. The summed E-state index contributed by atoms with van der Waals surface area (Å²) in [6.07, 6.45) is -0.949. The van der Waals surface area contributed by atoms with E-state index in [9.17, 15) is 19.8 Å². The van der Waals surface area contributed by atoms with Gasteiger partial charge in [0, 0.05) is 11.8 Å². The van der Waals surface area contributed by atoms with E-state index in [2.05, 4.69) is 0 Å². The van der Waals surface area contributed by atoms with E-state index in [0.29, 0.717) is 12.2 Å². The molecular formula is C15H18O6. The van der Waals surface area contributed by atoms with Gasteiger partial charge in [0.15, 0.2) is 11.6 Å². The van der Waals surface area contributed by atoms with E-state index >= 15 is 0 Å². The molecule has 6 heteroatoms. The number of Topliss-reactive ketones (excluding diaryl/α,β-unsaturated/α-hetero) is 2. The molecule has 1 spiro atoms. The predicted molar refractivity (Wildman–Crippen MR) is 69.4 cm³/mol. The molecule has 1 unspecified atom stereocenters. The summed E-state index contributed by atoms with van der Waals surface area (Å²) in [5, 5.41) is 20.7. The molecule has 114 valence electrons. The number of carbonyl (C=O) groups is 2. The summed E-state index contributed by atoms with van der Waals surface area (Å²) in [7, 11) is 0. The molecule has 3 fully saturated rings. The SMILES string of the molecule is CC1=CC2O[C@@H]3C(=O)C[C@@](C)([C@]34CO4)[C@@]2(CO)[C@H](O)C1=O. The van der Waals surface area contributed by atoms with Crippen LogP contribution in [0.5, 0.6) is 0 Å². The Morgan fingerprint density at radius 1 is 1.43 bits per heavy atom. The lowest BCUT2D eigenvalue weighted by atomic mass is 9.50. The maximum Gasteiger partial charge on any atom is 0.187 e. The van der Waals surface area contributed by atoms with Gasteiger partial charge in [0.05, 0.1) is 24.7 Å². The first-order valence-electron chi connectivity index (χ1n) is 7.18. The molecular weight excluding hydrogens is 276 g/mol. The number of aliphatic hydroxyl groups excluding tert-OH is 2. The third-order valence-electron chi connectivity index (χ3n) is 6.24. The largest absolute Gasteiger partial charge is 0.396 e. The summed E-state index contributed by atoms with van der Waals surface area (Å²) in [4.78, 5) is 24.6. The van der Waals surface area contributed by atoms with Gasteiger partial charge in [0.25, 0.3) is 0 Å². The van der Waals surface area contributed by atoms with Crippen molar-refractivity contribution in [3.05, 3.63) is 11.6 Å². The molecule has 21 heavy (non-hydrogen) atoms. The van der Waals surface area contributed by atoms with E-state index in [1.54, 1.807) is 13.0 Å². The number of rotatable bonds is 1. The summed E-state index contributed by atoms with van der Waals surface area (Å²) >= 11 is 0. The second-order valence-corrected chi connectivity index (χ2v) is 6.91. The van der Waals surface area contributed by atoms with Crippen LogP contribution in [-0.4, -0.2) is 58.9 Å². The third-order valence-corrected chi connectivity index (χ3v) is 6.24. The zero-order valence-electron chi connectivity index (χ0n) is 12.0. The molecule has 0 radical (unpaired) electrons. The molecule has 2 aliphatic heterocycles. The van der Waals surface area contributed by atoms with Crippen LogP contribution in [-0.2, 0) is 19.1 Å². The Labute approximate surface area is 121 Å². The van der Waals surface area contributed by atoms with Crippen molar-refractivity contribution in [3.63, 3.8) is 0 Å². The Kier molecular flexibility index (Phi) is 2.35. The summed E-state index contributed by atoms with van der Waals surface area (Å²) in [5.74, 6) is -0.498. The second kappa shape index (κ2) is 3.63. The minimum Gasteiger partial charge on any atom is -0.396 e. The number of epoxide rings is 1. The van der Waals surface area contributed by atoms with Gasteiger partial charge >= 0.3 is 0 Å². The molecule has 0 amide bonds. The number of ether oxygens (including phenoxy) is 2. The van der Waals surface area contributed by atoms with Gasteiger partial charge in [0.2, 0.25) is 0 Å². The number of carbonyl (C=O) groups excluding carboxylic acids is 2. The minimum absolute atomic E-state index is 0.0806. The number of hydrogen-bond donors (Lipinski definition) is 2. The van der Waals surface area contributed by atoms with E-state index in [1.807, 2.05) is 6.92 Å². The Morgan fingerprint density at radius 3 is 2.67 bits per heavy atom. The van der Waals surface area contributed by atoms with E-state index < -0.39 is 47.1 Å². The zero-order valence-corrected chi connectivity index (χ0v) is 12.0. The monoisotopic (exact) mass is 294 g/mol. The quantitative estimate of drug-likeness (QED) is 0.625. The molecule has 0 aromatic carbocycles. The van der Waals surface area contributed by atoms with Crippen LogP contribution in [0.15, 0.2) is 11.6 Å². The molecule has 6 atom stereocenters. The highest BCUT2D eigenvalue weighted by Crippen LogP contribution is 2.69. The minimum atomic E-state index is -1.39. The Hall–Kier alpha value is -1.08. The Balaban J connectivity index is 1.97. The molecule has 2 N–H and O–H groups in total. The summed E-state index contributed by atoms with van der Waals surface area (Å²) in [6, 6.07) is 0. The standard InChI is InChI=1S/C15H18O6/c1-7-3-9-14(5-16,11(19)10(7)18)13(2)4-8(17)12(21-9)15(13)6-20-15/h3,9,11-12,16,19H,4-6H2,1-2H3/t9?,11-,12-,13-,14-,15+/m1/s1. The molecule has 0 aromatic heterocycles. The summed E-state index contributed by atoms with van der Waals surface area (Å²) in [6.45, 7) is 3.36. The fraction of sp³-hybridized carbons (Fsp3) is 0.733. The topological polar surface area (TPSA) is 96.4 Å². The molecule has 2 saturated heterocycles. The molecule has 1 saturated carbocycles. The average Bonchev–Trinajstić information content (AvgIpc) is 3.20. The van der Waals surface area contributed by atoms with Gasteiger partial charge in [-0.1, -0.05) is 6.92 Å². The lowest BCUT2D eigenvalue weighted by molar-refractivity contribution is -0.240. The summed E-state index contributed by atoms with van der Waals surface area (Å²) < 4.78 is 11.5. The number of aliphatic hydroxyl groups is 2. The molecule has 0 aromatic rings. The first kappa shape index (κ1) is 13.6. The van der Waals surface area contributed by atoms with Crippen molar-refractivity contribution in [1.29, 1.82) is 0 Å². The molecule has 4 rings (SSSR count). The highest BCUT2D eigenvalue weighted by Gasteiger charge is 2.83. The van der Waals surface area contributed by atoms with Crippen LogP contribution in [0.3, 0.4) is 0 Å². The third kappa shape index (κ3) is 1.17. The normalized spacial score (nSPS) is 54.7. The number of ketones is 2. The van der Waals surface area contributed by atoms with Crippen LogP contribution in [0.1, 0.15) is 20.3 Å². The van der Waals surface area contributed by atoms with Crippen molar-refractivity contribution in [3.8, 4) is 0 Å². The molecule has 2 bridgehead atoms. The smallest absolute Gasteiger partial charge is 0.187 e. The van der Waals surface area contributed by atoms with Gasteiger partial charge in [0.1, 0.15) is 17.8 Å². The fourth-order valence-electron chi connectivity index (χ4n) is 4.77. The van der Waals surface area contributed by atoms with Gasteiger partial charge < -0.3 is 19.7 Å². The van der Waals surface area contributed by atoms with Crippen LogP contribution in [0.4, 0.5) is 0 Å². The van der Waals surface area contributed by atoms with Gasteiger partial charge in [-0.3, -0.25) is 9.59 Å². The number of hydrogen-bond acceptors (Lipinski definition) is 6. The van der Waals surface area contributed by atoms with E-state index in [4.69, 9.17) is 9.47 Å². The van der Waals surface area contributed by atoms with Crippen LogP contribution >= 0.6 is 0 Å². The molecule has 2 aliphatic carbocycles. The average molecular weight is 294 g/mol. The van der Waals surface area contributed by atoms with Crippen LogP contribution in [0.2, 0.25) is 0 Å². The van der Waals surface area contributed by atoms with Crippen molar-refractivity contribution >= 4 is 11.6 Å². The fourth-order valence-corrected chi connectivity index (χ4v) is 4.77. The van der Waals surface area contributed by atoms with Gasteiger partial charge in [-0.15, -0.1) is 0 Å². The number of fused-ring (bicyclic) bond motifs is 2. The van der Waals surface area contributed by atoms with Crippen molar-refractivity contribution in [2.75, 3.05) is 13.2 Å². The van der Waals surface area contributed by atoms with Crippen molar-refractivity contribution < 1.29 is 29.3 Å². The van der Waals surface area contributed by atoms with Gasteiger partial charge in [-0.05, 0) is 18.6 Å². The first-order valence-corrected chi connectivity index (χ1v) is 7.18.